The molecule has 136 valence electrons. The van der Waals surface area contributed by atoms with E-state index in [2.05, 4.69) is 16.6 Å². The number of ether oxygens (including phenoxy) is 2. The van der Waals surface area contributed by atoms with Crippen LogP contribution in [0.15, 0.2) is 42.6 Å². The van der Waals surface area contributed by atoms with Gasteiger partial charge in [-0.15, -0.1) is 0 Å². The van der Waals surface area contributed by atoms with Crippen molar-refractivity contribution in [3.05, 3.63) is 42.6 Å². The Morgan fingerprint density at radius 2 is 1.56 bits per heavy atom. The molecule has 0 saturated heterocycles. The molecule has 3 nitrogen and oxygen atoms in total. The predicted octanol–water partition coefficient (Wildman–Crippen LogP) is 6.09. The molecule has 2 rings (SSSR count). The lowest BCUT2D eigenvalue weighted by Crippen LogP contribution is -2.01. The van der Waals surface area contributed by atoms with Gasteiger partial charge in [-0.1, -0.05) is 39.0 Å². The fraction of sp³-hybridized carbons (Fsp3) is 0.450. The summed E-state index contributed by atoms with van der Waals surface area (Å²) < 4.78 is 34.3. The van der Waals surface area contributed by atoms with E-state index in [1.165, 1.54) is 44.2 Å². The summed E-state index contributed by atoms with van der Waals surface area (Å²) in [5.41, 5.74) is 1.60. The Bertz CT molecular complexity index is 600. The minimum absolute atomic E-state index is 0.137. The molecule has 0 spiro atoms. The largest absolute Gasteiger partial charge is 0.492 e. The third kappa shape index (κ3) is 7.08. The zero-order valence-corrected chi connectivity index (χ0v) is 14.6. The standard InChI is InChI=1S/C20H25F2NO2/c1-2-3-4-5-6-7-14-24-18-12-13-19(23-15-18)16-8-10-17(11-9-16)25-20(21)22/h8-13,15,20H,2-7,14H2,1H3. The number of aromatic nitrogens is 1. The van der Waals surface area contributed by atoms with Gasteiger partial charge in [-0.2, -0.15) is 8.78 Å². The number of rotatable bonds is 11. The number of hydrogen-bond donors (Lipinski definition) is 0. The van der Waals surface area contributed by atoms with Crippen molar-refractivity contribution >= 4 is 0 Å². The summed E-state index contributed by atoms with van der Waals surface area (Å²) in [5.74, 6) is 0.882. The van der Waals surface area contributed by atoms with Crippen LogP contribution >= 0.6 is 0 Å². The maximum Gasteiger partial charge on any atom is 0.387 e. The molecule has 0 N–H and O–H groups in total. The van der Waals surface area contributed by atoms with Gasteiger partial charge in [0.05, 0.1) is 18.5 Å². The molecule has 0 aliphatic carbocycles. The molecular formula is C20H25F2NO2. The van der Waals surface area contributed by atoms with Gasteiger partial charge in [0.15, 0.2) is 0 Å². The number of unbranched alkanes of at least 4 members (excludes halogenated alkanes) is 5. The van der Waals surface area contributed by atoms with Crippen LogP contribution in [0.25, 0.3) is 11.3 Å². The molecule has 0 aliphatic rings. The van der Waals surface area contributed by atoms with Crippen LogP contribution in [0.4, 0.5) is 8.78 Å². The molecule has 25 heavy (non-hydrogen) atoms. The first-order valence-electron chi connectivity index (χ1n) is 8.83. The minimum atomic E-state index is -2.81. The highest BCUT2D eigenvalue weighted by Crippen LogP contribution is 2.23. The summed E-state index contributed by atoms with van der Waals surface area (Å²) in [7, 11) is 0. The number of nitrogens with zero attached hydrogens (tertiary/aromatic N) is 1. The highest BCUT2D eigenvalue weighted by atomic mass is 19.3. The van der Waals surface area contributed by atoms with E-state index in [4.69, 9.17) is 4.74 Å². The van der Waals surface area contributed by atoms with Crippen LogP contribution in [0.1, 0.15) is 45.4 Å². The van der Waals surface area contributed by atoms with Gasteiger partial charge < -0.3 is 9.47 Å². The Morgan fingerprint density at radius 3 is 2.20 bits per heavy atom. The molecule has 0 bridgehead atoms. The van der Waals surface area contributed by atoms with Gasteiger partial charge in [0.25, 0.3) is 0 Å². The van der Waals surface area contributed by atoms with E-state index in [0.717, 1.165) is 23.4 Å². The predicted molar refractivity (Wildman–Crippen MR) is 95.2 cm³/mol. The lowest BCUT2D eigenvalue weighted by atomic mass is 10.1. The van der Waals surface area contributed by atoms with Crippen LogP contribution in [-0.4, -0.2) is 18.2 Å². The molecule has 0 fully saturated rings. The topological polar surface area (TPSA) is 31.4 Å². The zero-order chi connectivity index (χ0) is 17.9. The van der Waals surface area contributed by atoms with Crippen LogP contribution in [0.5, 0.6) is 11.5 Å². The molecule has 1 aromatic carbocycles. The van der Waals surface area contributed by atoms with E-state index in [-0.39, 0.29) is 5.75 Å². The third-order valence-electron chi connectivity index (χ3n) is 3.88. The van der Waals surface area contributed by atoms with Gasteiger partial charge in [-0.3, -0.25) is 4.98 Å². The quantitative estimate of drug-likeness (QED) is 0.460. The van der Waals surface area contributed by atoms with Gasteiger partial charge in [0.1, 0.15) is 11.5 Å². The Morgan fingerprint density at radius 1 is 0.880 bits per heavy atom. The highest BCUT2D eigenvalue weighted by molar-refractivity contribution is 5.60. The molecule has 0 amide bonds. The number of alkyl halides is 2. The lowest BCUT2D eigenvalue weighted by molar-refractivity contribution is -0.0498. The first-order chi connectivity index (χ1) is 12.2. The monoisotopic (exact) mass is 349 g/mol. The number of halogens is 2. The van der Waals surface area contributed by atoms with Crippen molar-refractivity contribution in [3.8, 4) is 22.8 Å². The maximum absolute atomic E-state index is 12.1. The summed E-state index contributed by atoms with van der Waals surface area (Å²) in [6, 6.07) is 10.2. The van der Waals surface area contributed by atoms with E-state index >= 15 is 0 Å². The molecule has 0 saturated carbocycles. The van der Waals surface area contributed by atoms with Gasteiger partial charge >= 0.3 is 6.61 Å². The summed E-state index contributed by atoms with van der Waals surface area (Å²) >= 11 is 0. The Labute approximate surface area is 148 Å². The number of hydrogen-bond acceptors (Lipinski definition) is 3. The SMILES string of the molecule is CCCCCCCCOc1ccc(-c2ccc(OC(F)F)cc2)nc1. The Hall–Kier alpha value is -2.17. The Kier molecular flexibility index (Phi) is 8.16. The van der Waals surface area contributed by atoms with E-state index in [0.29, 0.717) is 6.61 Å². The van der Waals surface area contributed by atoms with Crippen LogP contribution in [-0.2, 0) is 0 Å². The van der Waals surface area contributed by atoms with E-state index < -0.39 is 6.61 Å². The molecule has 0 aliphatic heterocycles. The highest BCUT2D eigenvalue weighted by Gasteiger charge is 2.05. The summed E-state index contributed by atoms with van der Waals surface area (Å²) in [5, 5.41) is 0. The van der Waals surface area contributed by atoms with Crippen LogP contribution in [0.2, 0.25) is 0 Å². The van der Waals surface area contributed by atoms with E-state index in [1.54, 1.807) is 18.3 Å². The molecule has 0 atom stereocenters. The fourth-order valence-electron chi connectivity index (χ4n) is 2.52. The zero-order valence-electron chi connectivity index (χ0n) is 14.6. The van der Waals surface area contributed by atoms with E-state index in [9.17, 15) is 8.78 Å². The van der Waals surface area contributed by atoms with E-state index in [1.807, 2.05) is 12.1 Å². The van der Waals surface area contributed by atoms with Gasteiger partial charge in [-0.25, -0.2) is 0 Å². The summed E-state index contributed by atoms with van der Waals surface area (Å²) in [4.78, 5) is 4.36. The molecule has 1 aromatic heterocycles. The molecule has 0 radical (unpaired) electrons. The van der Waals surface area contributed by atoms with Crippen molar-refractivity contribution in [2.24, 2.45) is 0 Å². The maximum atomic E-state index is 12.1. The lowest BCUT2D eigenvalue weighted by Gasteiger charge is -2.08. The van der Waals surface area contributed by atoms with Crippen molar-refractivity contribution in [2.75, 3.05) is 6.61 Å². The van der Waals surface area contributed by atoms with Crippen molar-refractivity contribution < 1.29 is 18.3 Å². The average Bonchev–Trinajstić information content (AvgIpc) is 2.62. The second kappa shape index (κ2) is 10.6. The fourth-order valence-corrected chi connectivity index (χ4v) is 2.52. The second-order valence-electron chi connectivity index (χ2n) is 5.90. The second-order valence-corrected chi connectivity index (χ2v) is 5.90. The average molecular weight is 349 g/mol. The first-order valence-corrected chi connectivity index (χ1v) is 8.83. The van der Waals surface area contributed by atoms with Gasteiger partial charge in [-0.05, 0) is 42.8 Å². The first kappa shape index (κ1) is 19.2. The molecular weight excluding hydrogens is 324 g/mol. The van der Waals surface area contributed by atoms with Crippen molar-refractivity contribution in [1.82, 2.24) is 4.98 Å². The van der Waals surface area contributed by atoms with Crippen molar-refractivity contribution in [3.63, 3.8) is 0 Å². The summed E-state index contributed by atoms with van der Waals surface area (Å²) in [6.07, 6.45) is 9.07. The molecule has 1 heterocycles. The van der Waals surface area contributed by atoms with Crippen molar-refractivity contribution in [2.45, 2.75) is 52.1 Å². The Balaban J connectivity index is 1.77. The minimum Gasteiger partial charge on any atom is -0.492 e. The third-order valence-corrected chi connectivity index (χ3v) is 3.88. The van der Waals surface area contributed by atoms with Crippen LogP contribution < -0.4 is 9.47 Å². The van der Waals surface area contributed by atoms with Gasteiger partial charge in [0.2, 0.25) is 0 Å². The van der Waals surface area contributed by atoms with Crippen LogP contribution in [0, 0.1) is 0 Å². The smallest absolute Gasteiger partial charge is 0.387 e. The molecule has 0 unspecified atom stereocenters. The number of pyridine rings is 1. The van der Waals surface area contributed by atoms with Crippen molar-refractivity contribution in [1.29, 1.82) is 0 Å². The number of benzene rings is 1. The molecule has 5 heteroatoms. The molecule has 2 aromatic rings. The van der Waals surface area contributed by atoms with Crippen LogP contribution in [0.3, 0.4) is 0 Å². The van der Waals surface area contributed by atoms with Gasteiger partial charge in [0, 0.05) is 5.56 Å². The normalized spacial score (nSPS) is 10.9. The summed E-state index contributed by atoms with van der Waals surface area (Å²) in [6.45, 7) is 0.102.